The quantitative estimate of drug-likeness (QED) is 0.559. The summed E-state index contributed by atoms with van der Waals surface area (Å²) in [7, 11) is 1.53. The van der Waals surface area contributed by atoms with Crippen molar-refractivity contribution in [2.24, 2.45) is 5.92 Å². The highest BCUT2D eigenvalue weighted by Gasteiger charge is 2.13. The maximum atomic E-state index is 10.9. The van der Waals surface area contributed by atoms with Crippen LogP contribution in [0.2, 0.25) is 0 Å². The van der Waals surface area contributed by atoms with Gasteiger partial charge in [0, 0.05) is 13.0 Å². The first-order chi connectivity index (χ1) is 4.57. The van der Waals surface area contributed by atoms with Crippen molar-refractivity contribution in [2.45, 2.75) is 13.8 Å². The predicted octanol–water partition coefficient (Wildman–Crippen LogP) is -0.0551. The van der Waals surface area contributed by atoms with Gasteiger partial charge >= 0.3 is 7.28 Å². The molecule has 0 fully saturated rings. The van der Waals surface area contributed by atoms with Crippen molar-refractivity contribution in [1.82, 2.24) is 5.32 Å². The molecule has 0 bridgehead atoms. The molecule has 10 heavy (non-hydrogen) atoms. The van der Waals surface area contributed by atoms with E-state index in [1.807, 2.05) is 0 Å². The maximum Gasteiger partial charge on any atom is 0.313 e. The molecule has 0 aromatic carbocycles. The first kappa shape index (κ1) is 9.20. The van der Waals surface area contributed by atoms with Gasteiger partial charge in [0.15, 0.2) is 5.81 Å². The van der Waals surface area contributed by atoms with Gasteiger partial charge in [-0.25, -0.2) is 0 Å². The average molecular weight is 141 g/mol. The third-order valence-electron chi connectivity index (χ3n) is 1.26. The van der Waals surface area contributed by atoms with E-state index in [0.29, 0.717) is 0 Å². The van der Waals surface area contributed by atoms with E-state index in [4.69, 9.17) is 0 Å². The van der Waals surface area contributed by atoms with Crippen molar-refractivity contribution in [2.75, 3.05) is 7.05 Å². The molecule has 56 valence electrons. The number of rotatable bonds is 3. The minimum Gasteiger partial charge on any atom is -0.368 e. The fourth-order valence-electron chi connectivity index (χ4n) is 0.451. The normalized spacial score (nSPS) is 9.20. The zero-order valence-corrected chi connectivity index (χ0v) is 6.60. The lowest BCUT2D eigenvalue weighted by molar-refractivity contribution is -0.114. The van der Waals surface area contributed by atoms with Gasteiger partial charge in [0.1, 0.15) is 5.68 Å². The lowest BCUT2D eigenvalue weighted by Gasteiger charge is -1.99. The molecular formula is C6H12BNO2. The van der Waals surface area contributed by atoms with E-state index in [1.54, 1.807) is 13.8 Å². The summed E-state index contributed by atoms with van der Waals surface area (Å²) in [5, 5.41) is 2.39. The minimum absolute atomic E-state index is 0.00810. The Morgan fingerprint density at radius 3 is 2.20 bits per heavy atom. The molecule has 0 rings (SSSR count). The number of hydrogen-bond donors (Lipinski definition) is 1. The van der Waals surface area contributed by atoms with Gasteiger partial charge < -0.3 is 10.1 Å². The van der Waals surface area contributed by atoms with Crippen LogP contribution in [0.15, 0.2) is 0 Å². The molecule has 0 aromatic heterocycles. The van der Waals surface area contributed by atoms with E-state index in [-0.39, 0.29) is 24.7 Å². The second kappa shape index (κ2) is 4.09. The van der Waals surface area contributed by atoms with Crippen LogP contribution >= 0.6 is 0 Å². The van der Waals surface area contributed by atoms with Crippen LogP contribution < -0.4 is 5.32 Å². The fourth-order valence-corrected chi connectivity index (χ4v) is 0.451. The van der Waals surface area contributed by atoms with Gasteiger partial charge in [-0.1, -0.05) is 13.8 Å². The van der Waals surface area contributed by atoms with Crippen molar-refractivity contribution in [3.05, 3.63) is 0 Å². The van der Waals surface area contributed by atoms with Gasteiger partial charge in [-0.3, -0.25) is 4.79 Å². The van der Waals surface area contributed by atoms with E-state index >= 15 is 0 Å². The highest BCUT2D eigenvalue weighted by atomic mass is 16.2. The summed E-state index contributed by atoms with van der Waals surface area (Å²) in [6.45, 7) is 3.57. The zero-order valence-electron chi connectivity index (χ0n) is 6.60. The Hall–Kier alpha value is -0.795. The summed E-state index contributed by atoms with van der Waals surface area (Å²) in [6.07, 6.45) is 0. The van der Waals surface area contributed by atoms with Crippen molar-refractivity contribution in [3.8, 4) is 0 Å². The summed E-state index contributed by atoms with van der Waals surface area (Å²) in [5.41, 5.74) is -0.0145. The summed E-state index contributed by atoms with van der Waals surface area (Å²) >= 11 is 0. The molecule has 0 atom stereocenters. The largest absolute Gasteiger partial charge is 0.368 e. The van der Waals surface area contributed by atoms with E-state index in [0.717, 1.165) is 0 Å². The van der Waals surface area contributed by atoms with Gasteiger partial charge in [0.05, 0.1) is 0 Å². The molecule has 0 unspecified atom stereocenters. The summed E-state index contributed by atoms with van der Waals surface area (Å²) in [4.78, 5) is 21.4. The Balaban J connectivity index is 3.69. The summed E-state index contributed by atoms with van der Waals surface area (Å²) in [6, 6.07) is 0. The van der Waals surface area contributed by atoms with Crippen LogP contribution in [0.3, 0.4) is 0 Å². The minimum atomic E-state index is -0.210. The zero-order chi connectivity index (χ0) is 8.15. The Kier molecular flexibility index (Phi) is 3.76. The van der Waals surface area contributed by atoms with Crippen molar-refractivity contribution >= 4 is 18.8 Å². The number of nitrogens with one attached hydrogen (secondary N) is 1. The highest BCUT2D eigenvalue weighted by molar-refractivity contribution is 6.97. The van der Waals surface area contributed by atoms with Crippen LogP contribution in [0.4, 0.5) is 4.79 Å². The first-order valence-corrected chi connectivity index (χ1v) is 3.31. The van der Waals surface area contributed by atoms with E-state index in [9.17, 15) is 9.59 Å². The SMILES string of the molecule is CNC(=O)BC(=O)C(C)C. The van der Waals surface area contributed by atoms with Crippen LogP contribution in [-0.4, -0.2) is 25.8 Å². The molecule has 3 nitrogen and oxygen atoms in total. The topological polar surface area (TPSA) is 46.2 Å². The second-order valence-electron chi connectivity index (χ2n) is 2.47. The van der Waals surface area contributed by atoms with E-state index < -0.39 is 0 Å². The summed E-state index contributed by atoms with van der Waals surface area (Å²) in [5.74, 6) is -0.254. The van der Waals surface area contributed by atoms with Crippen LogP contribution in [0.1, 0.15) is 13.8 Å². The van der Waals surface area contributed by atoms with Crippen LogP contribution in [0.25, 0.3) is 0 Å². The van der Waals surface area contributed by atoms with E-state index in [2.05, 4.69) is 5.32 Å². The predicted molar refractivity (Wildman–Crippen MR) is 41.4 cm³/mol. The monoisotopic (exact) mass is 141 g/mol. The Labute approximate surface area is 61.4 Å². The van der Waals surface area contributed by atoms with Crippen molar-refractivity contribution in [3.63, 3.8) is 0 Å². The van der Waals surface area contributed by atoms with Crippen LogP contribution in [0.5, 0.6) is 0 Å². The molecule has 0 radical (unpaired) electrons. The number of amides is 1. The number of carbonyl (C=O) groups excluding carboxylic acids is 2. The molecule has 0 heterocycles. The van der Waals surface area contributed by atoms with Crippen LogP contribution in [0, 0.1) is 5.92 Å². The Morgan fingerprint density at radius 2 is 1.90 bits per heavy atom. The molecular weight excluding hydrogens is 129 g/mol. The highest BCUT2D eigenvalue weighted by Crippen LogP contribution is 1.91. The van der Waals surface area contributed by atoms with Gasteiger partial charge in [-0.15, -0.1) is 0 Å². The molecule has 0 aliphatic rings. The molecule has 1 amide bonds. The van der Waals surface area contributed by atoms with Crippen molar-refractivity contribution in [1.29, 1.82) is 0 Å². The summed E-state index contributed by atoms with van der Waals surface area (Å²) < 4.78 is 0. The number of hydrogen-bond acceptors (Lipinski definition) is 2. The lowest BCUT2D eigenvalue weighted by Crippen LogP contribution is -2.31. The van der Waals surface area contributed by atoms with Gasteiger partial charge in [0.25, 0.3) is 0 Å². The average Bonchev–Trinajstić information content (AvgIpc) is 1.87. The molecule has 0 spiro atoms. The molecule has 0 saturated heterocycles. The molecule has 0 saturated carbocycles. The van der Waals surface area contributed by atoms with Gasteiger partial charge in [-0.05, 0) is 0 Å². The molecule has 1 N–H and O–H groups in total. The molecule has 0 aliphatic heterocycles. The van der Waals surface area contributed by atoms with Crippen molar-refractivity contribution < 1.29 is 9.59 Å². The molecule has 4 heteroatoms. The van der Waals surface area contributed by atoms with Gasteiger partial charge in [0.2, 0.25) is 0 Å². The Bertz CT molecular complexity index is 145. The smallest absolute Gasteiger partial charge is 0.313 e. The maximum absolute atomic E-state index is 10.9. The van der Waals surface area contributed by atoms with Crippen LogP contribution in [-0.2, 0) is 4.79 Å². The first-order valence-electron chi connectivity index (χ1n) is 3.31. The van der Waals surface area contributed by atoms with E-state index in [1.165, 1.54) is 7.05 Å². The van der Waals surface area contributed by atoms with Gasteiger partial charge in [-0.2, -0.15) is 0 Å². The third-order valence-corrected chi connectivity index (χ3v) is 1.26. The third kappa shape index (κ3) is 3.27. The second-order valence-corrected chi connectivity index (χ2v) is 2.47. The molecule has 0 aromatic rings. The standard InChI is InChI=1S/C6H12BNO2/c1-4(2)5(9)7-6(10)8-3/h4,7H,1-3H3,(H,8,10). The fraction of sp³-hybridized carbons (Fsp3) is 0.667. The lowest BCUT2D eigenvalue weighted by atomic mass is 9.68. The number of carbonyl (C=O) groups is 2. The molecule has 0 aliphatic carbocycles. The Morgan fingerprint density at radius 1 is 1.40 bits per heavy atom.